The Kier molecular flexibility index (Phi) is 6.80. The first-order valence-electron chi connectivity index (χ1n) is 6.65. The van der Waals surface area contributed by atoms with Gasteiger partial charge in [-0.15, -0.1) is 0 Å². The van der Waals surface area contributed by atoms with Crippen LogP contribution in [0.25, 0.3) is 0 Å². The van der Waals surface area contributed by atoms with Crippen molar-refractivity contribution in [1.82, 2.24) is 9.62 Å². The SMILES string of the molecule is COc1cc(C)c(S(=O)N(C)CC(=O)NCCN)c(C)c1. The first-order valence-corrected chi connectivity index (χ1v) is 7.76. The van der Waals surface area contributed by atoms with Gasteiger partial charge in [-0.05, 0) is 37.1 Å². The molecule has 0 heterocycles. The van der Waals surface area contributed by atoms with Crippen LogP contribution in [0.2, 0.25) is 0 Å². The summed E-state index contributed by atoms with van der Waals surface area (Å²) in [5, 5.41) is 2.66. The van der Waals surface area contributed by atoms with Gasteiger partial charge in [0, 0.05) is 20.1 Å². The number of ether oxygens (including phenoxy) is 1. The van der Waals surface area contributed by atoms with E-state index in [1.165, 1.54) is 4.31 Å². The predicted octanol–water partition coefficient (Wildman–Crippen LogP) is 0.341. The van der Waals surface area contributed by atoms with Gasteiger partial charge in [-0.2, -0.15) is 0 Å². The minimum absolute atomic E-state index is 0.0531. The number of nitrogens with one attached hydrogen (secondary N) is 1. The summed E-state index contributed by atoms with van der Waals surface area (Å²) in [6, 6.07) is 3.67. The molecule has 0 aromatic heterocycles. The lowest BCUT2D eigenvalue weighted by molar-refractivity contribution is -0.121. The molecule has 118 valence electrons. The molecule has 6 nitrogen and oxygen atoms in total. The van der Waals surface area contributed by atoms with E-state index < -0.39 is 11.0 Å². The number of nitrogens with zero attached hydrogens (tertiary/aromatic N) is 1. The molecule has 1 amide bonds. The number of methoxy groups -OCH3 is 1. The third-order valence-corrected chi connectivity index (χ3v) is 4.65. The number of likely N-dealkylation sites (N-methyl/N-ethyl adjacent to an activating group) is 1. The molecule has 0 spiro atoms. The summed E-state index contributed by atoms with van der Waals surface area (Å²) in [6.07, 6.45) is 0. The van der Waals surface area contributed by atoms with Gasteiger partial charge in [0.15, 0.2) is 0 Å². The van der Waals surface area contributed by atoms with E-state index in [0.29, 0.717) is 18.0 Å². The summed E-state index contributed by atoms with van der Waals surface area (Å²) < 4.78 is 19.3. The molecule has 0 bridgehead atoms. The Morgan fingerprint density at radius 1 is 1.38 bits per heavy atom. The van der Waals surface area contributed by atoms with Gasteiger partial charge in [-0.1, -0.05) is 0 Å². The highest BCUT2D eigenvalue weighted by Crippen LogP contribution is 2.25. The zero-order valence-electron chi connectivity index (χ0n) is 12.9. The number of carbonyl (C=O) groups is 1. The average molecular weight is 313 g/mol. The molecule has 1 aromatic rings. The van der Waals surface area contributed by atoms with E-state index in [-0.39, 0.29) is 12.5 Å². The molecule has 0 aliphatic carbocycles. The van der Waals surface area contributed by atoms with Gasteiger partial charge in [-0.25, -0.2) is 8.51 Å². The topological polar surface area (TPSA) is 84.7 Å². The summed E-state index contributed by atoms with van der Waals surface area (Å²) in [4.78, 5) is 12.4. The Morgan fingerprint density at radius 2 is 1.95 bits per heavy atom. The fourth-order valence-corrected chi connectivity index (χ4v) is 3.20. The minimum Gasteiger partial charge on any atom is -0.497 e. The summed E-state index contributed by atoms with van der Waals surface area (Å²) in [5.74, 6) is 0.536. The van der Waals surface area contributed by atoms with Crippen LogP contribution in [0.4, 0.5) is 0 Å². The van der Waals surface area contributed by atoms with Crippen LogP contribution in [0.3, 0.4) is 0 Å². The summed E-state index contributed by atoms with van der Waals surface area (Å²) in [7, 11) is 1.85. The van der Waals surface area contributed by atoms with E-state index in [2.05, 4.69) is 5.32 Å². The van der Waals surface area contributed by atoms with Crippen molar-refractivity contribution in [3.63, 3.8) is 0 Å². The van der Waals surface area contributed by atoms with Crippen molar-refractivity contribution < 1.29 is 13.7 Å². The van der Waals surface area contributed by atoms with Crippen LogP contribution in [0.15, 0.2) is 17.0 Å². The van der Waals surface area contributed by atoms with Crippen molar-refractivity contribution in [3.05, 3.63) is 23.3 Å². The predicted molar refractivity (Wildman–Crippen MR) is 83.6 cm³/mol. The Balaban J connectivity index is 2.86. The monoisotopic (exact) mass is 313 g/mol. The number of rotatable bonds is 7. The largest absolute Gasteiger partial charge is 0.497 e. The van der Waals surface area contributed by atoms with Gasteiger partial charge in [-0.3, -0.25) is 4.79 Å². The number of carbonyl (C=O) groups excluding carboxylic acids is 1. The summed E-state index contributed by atoms with van der Waals surface area (Å²) in [6.45, 7) is 4.61. The van der Waals surface area contributed by atoms with Gasteiger partial charge in [0.05, 0.1) is 18.6 Å². The quantitative estimate of drug-likeness (QED) is 0.760. The molecule has 1 atom stereocenters. The standard InChI is InChI=1S/C14H23N3O3S/c1-10-7-12(20-4)8-11(2)14(10)21(19)17(3)9-13(18)16-6-5-15/h7-8H,5-6,9,15H2,1-4H3,(H,16,18). The van der Waals surface area contributed by atoms with E-state index in [4.69, 9.17) is 10.5 Å². The maximum atomic E-state index is 12.6. The Labute approximate surface area is 128 Å². The molecule has 3 N–H and O–H groups in total. The van der Waals surface area contributed by atoms with Crippen molar-refractivity contribution in [2.75, 3.05) is 33.8 Å². The molecule has 7 heteroatoms. The number of aryl methyl sites for hydroxylation is 2. The third kappa shape index (κ3) is 4.80. The molecule has 0 aliphatic rings. The molecule has 0 radical (unpaired) electrons. The Morgan fingerprint density at radius 3 is 2.43 bits per heavy atom. The fraction of sp³-hybridized carbons (Fsp3) is 0.500. The van der Waals surface area contributed by atoms with Crippen molar-refractivity contribution in [2.45, 2.75) is 18.7 Å². The van der Waals surface area contributed by atoms with E-state index in [1.807, 2.05) is 26.0 Å². The molecule has 1 aromatic carbocycles. The number of hydrogen-bond acceptors (Lipinski definition) is 4. The van der Waals surface area contributed by atoms with Crippen molar-refractivity contribution in [3.8, 4) is 5.75 Å². The van der Waals surface area contributed by atoms with Crippen LogP contribution >= 0.6 is 0 Å². The summed E-state index contributed by atoms with van der Waals surface area (Å²) in [5.41, 5.74) is 7.07. The van der Waals surface area contributed by atoms with E-state index in [1.54, 1.807) is 14.2 Å². The normalized spacial score (nSPS) is 12.3. The number of hydrogen-bond donors (Lipinski definition) is 2. The second-order valence-corrected chi connectivity index (χ2v) is 6.29. The number of amides is 1. The van der Waals surface area contributed by atoms with Crippen molar-refractivity contribution >= 4 is 16.9 Å². The molecular formula is C14H23N3O3S. The molecule has 0 aliphatic heterocycles. The van der Waals surface area contributed by atoms with Gasteiger partial charge < -0.3 is 15.8 Å². The van der Waals surface area contributed by atoms with Crippen LogP contribution < -0.4 is 15.8 Å². The van der Waals surface area contributed by atoms with Gasteiger partial charge in [0.25, 0.3) is 0 Å². The maximum absolute atomic E-state index is 12.6. The van der Waals surface area contributed by atoms with Crippen molar-refractivity contribution in [1.29, 1.82) is 0 Å². The highest BCUT2D eigenvalue weighted by molar-refractivity contribution is 7.82. The second kappa shape index (κ2) is 8.11. The van der Waals surface area contributed by atoms with Crippen LogP contribution in [0.1, 0.15) is 11.1 Å². The number of nitrogens with two attached hydrogens (primary N) is 1. The zero-order chi connectivity index (χ0) is 16.0. The van der Waals surface area contributed by atoms with Gasteiger partial charge >= 0.3 is 0 Å². The molecule has 0 saturated heterocycles. The smallest absolute Gasteiger partial charge is 0.235 e. The maximum Gasteiger partial charge on any atom is 0.235 e. The highest BCUT2D eigenvalue weighted by atomic mass is 32.2. The lowest BCUT2D eigenvalue weighted by Crippen LogP contribution is -2.38. The van der Waals surface area contributed by atoms with Gasteiger partial charge in [0.2, 0.25) is 5.91 Å². The lowest BCUT2D eigenvalue weighted by atomic mass is 10.1. The Bertz CT molecular complexity index is 511. The fourth-order valence-electron chi connectivity index (χ4n) is 1.99. The first kappa shape index (κ1) is 17.6. The van der Waals surface area contributed by atoms with E-state index in [9.17, 15) is 9.00 Å². The average Bonchev–Trinajstić information content (AvgIpc) is 2.43. The molecule has 0 saturated carbocycles. The number of benzene rings is 1. The zero-order valence-corrected chi connectivity index (χ0v) is 13.8. The Hall–Kier alpha value is -1.44. The van der Waals surface area contributed by atoms with Crippen molar-refractivity contribution in [2.24, 2.45) is 5.73 Å². The van der Waals surface area contributed by atoms with Crippen LogP contribution in [-0.2, 0) is 15.8 Å². The van der Waals surface area contributed by atoms with Crippen LogP contribution in [0.5, 0.6) is 5.75 Å². The molecule has 0 fully saturated rings. The molecule has 1 rings (SSSR count). The molecular weight excluding hydrogens is 290 g/mol. The van der Waals surface area contributed by atoms with Gasteiger partial charge in [0.1, 0.15) is 16.7 Å². The minimum atomic E-state index is -1.40. The first-order chi connectivity index (χ1) is 9.90. The van der Waals surface area contributed by atoms with Crippen LogP contribution in [-0.4, -0.2) is 48.2 Å². The van der Waals surface area contributed by atoms with Crippen LogP contribution in [0, 0.1) is 13.8 Å². The second-order valence-electron chi connectivity index (χ2n) is 4.76. The lowest BCUT2D eigenvalue weighted by Gasteiger charge is -2.19. The molecule has 1 unspecified atom stereocenters. The summed E-state index contributed by atoms with van der Waals surface area (Å²) >= 11 is 0. The highest BCUT2D eigenvalue weighted by Gasteiger charge is 2.18. The van der Waals surface area contributed by atoms with E-state index in [0.717, 1.165) is 16.9 Å². The third-order valence-electron chi connectivity index (χ3n) is 2.96. The van der Waals surface area contributed by atoms with E-state index >= 15 is 0 Å². The molecule has 21 heavy (non-hydrogen) atoms.